The lowest BCUT2D eigenvalue weighted by molar-refractivity contribution is 0.656. The standard InChI is InChI=1S/C50H28O2/c1-3-15-31-29(12-1)14-11-23-34(31)47-36-19-7-9-21-38(36)48(39-22-10-8-20-37(39)47)40-27-46-50(35-18-6-5-17-33(35)40)42-26-41-44(28-45(42)52-46)51-43-25-24-30-13-2-4-16-32(30)49(41)43/h1-28H. The predicted octanol–water partition coefficient (Wildman–Crippen LogP) is 14.6. The van der Waals surface area contributed by atoms with E-state index in [-0.39, 0.29) is 0 Å². The Hall–Kier alpha value is -6.90. The van der Waals surface area contributed by atoms with E-state index >= 15 is 0 Å². The topological polar surface area (TPSA) is 26.3 Å². The van der Waals surface area contributed by atoms with E-state index in [1.807, 2.05) is 0 Å². The minimum atomic E-state index is 0.828. The Morgan fingerprint density at radius 1 is 0.250 bits per heavy atom. The number of hydrogen-bond donors (Lipinski definition) is 0. The van der Waals surface area contributed by atoms with Crippen molar-refractivity contribution in [1.29, 1.82) is 0 Å². The van der Waals surface area contributed by atoms with E-state index in [1.165, 1.54) is 76.1 Å². The van der Waals surface area contributed by atoms with E-state index in [2.05, 4.69) is 170 Å². The lowest BCUT2D eigenvalue weighted by Gasteiger charge is -2.19. The third kappa shape index (κ3) is 3.73. The zero-order chi connectivity index (χ0) is 33.9. The van der Waals surface area contributed by atoms with Crippen molar-refractivity contribution in [3.8, 4) is 22.3 Å². The molecule has 2 heteroatoms. The van der Waals surface area contributed by atoms with Crippen molar-refractivity contribution in [2.45, 2.75) is 0 Å². The summed E-state index contributed by atoms with van der Waals surface area (Å²) in [6, 6.07) is 61.4. The van der Waals surface area contributed by atoms with Gasteiger partial charge in [0.05, 0.1) is 0 Å². The molecule has 0 unspecified atom stereocenters. The van der Waals surface area contributed by atoms with Gasteiger partial charge >= 0.3 is 0 Å². The second-order valence-corrected chi connectivity index (χ2v) is 13.9. The molecule has 52 heavy (non-hydrogen) atoms. The Kier molecular flexibility index (Phi) is 5.53. The number of furan rings is 2. The minimum Gasteiger partial charge on any atom is -0.456 e. The smallest absolute Gasteiger partial charge is 0.139 e. The first-order chi connectivity index (χ1) is 25.8. The molecule has 0 aliphatic carbocycles. The Morgan fingerprint density at radius 3 is 1.40 bits per heavy atom. The summed E-state index contributed by atoms with van der Waals surface area (Å²) >= 11 is 0. The van der Waals surface area contributed by atoms with Crippen molar-refractivity contribution in [2.75, 3.05) is 0 Å². The van der Waals surface area contributed by atoms with Crippen LogP contribution in [0.1, 0.15) is 0 Å². The number of hydrogen-bond acceptors (Lipinski definition) is 2. The van der Waals surface area contributed by atoms with Crippen molar-refractivity contribution in [3.05, 3.63) is 170 Å². The molecule has 0 N–H and O–H groups in total. The summed E-state index contributed by atoms with van der Waals surface area (Å²) in [4.78, 5) is 0. The maximum absolute atomic E-state index is 6.82. The van der Waals surface area contributed by atoms with Gasteiger partial charge in [0.25, 0.3) is 0 Å². The summed E-state index contributed by atoms with van der Waals surface area (Å²) in [5.41, 5.74) is 8.33. The van der Waals surface area contributed by atoms with Crippen molar-refractivity contribution in [2.24, 2.45) is 0 Å². The average molecular weight is 661 g/mol. The Labute approximate surface area is 297 Å². The van der Waals surface area contributed by atoms with Gasteiger partial charge in [0.2, 0.25) is 0 Å². The SMILES string of the molecule is c1ccc2c(-c3c4ccccc4c(-c4cc5oc6cc7oc8ccc9ccccc9c8c7cc6c5c5ccccc45)c4ccccc34)cccc2c1. The Balaban J connectivity index is 1.20. The Bertz CT molecular complexity index is 3410. The molecule has 0 atom stereocenters. The summed E-state index contributed by atoms with van der Waals surface area (Å²) < 4.78 is 13.3. The molecule has 0 bridgehead atoms. The van der Waals surface area contributed by atoms with Crippen LogP contribution >= 0.6 is 0 Å². The van der Waals surface area contributed by atoms with Gasteiger partial charge in [-0.05, 0) is 94.3 Å². The molecule has 2 heterocycles. The van der Waals surface area contributed by atoms with Crippen LogP contribution in [0.4, 0.5) is 0 Å². The highest BCUT2D eigenvalue weighted by molar-refractivity contribution is 6.30. The zero-order valence-electron chi connectivity index (χ0n) is 28.0. The quantitative estimate of drug-likeness (QED) is 0.173. The first-order valence-corrected chi connectivity index (χ1v) is 17.8. The monoisotopic (exact) mass is 660 g/mol. The maximum atomic E-state index is 6.82. The predicted molar refractivity (Wildman–Crippen MR) is 219 cm³/mol. The molecule has 12 rings (SSSR count). The molecule has 0 fully saturated rings. The first-order valence-electron chi connectivity index (χ1n) is 17.8. The zero-order valence-corrected chi connectivity index (χ0v) is 28.0. The number of benzene rings is 10. The van der Waals surface area contributed by atoms with E-state index in [0.29, 0.717) is 0 Å². The molecular formula is C50H28O2. The molecule has 0 aliphatic rings. The van der Waals surface area contributed by atoms with E-state index in [1.54, 1.807) is 0 Å². The van der Waals surface area contributed by atoms with Gasteiger partial charge in [-0.3, -0.25) is 0 Å². The summed E-state index contributed by atoms with van der Waals surface area (Å²) in [6.45, 7) is 0. The van der Waals surface area contributed by atoms with Crippen LogP contribution in [0.15, 0.2) is 179 Å². The normalized spacial score (nSPS) is 12.2. The fourth-order valence-corrected chi connectivity index (χ4v) is 9.04. The fraction of sp³-hybridized carbons (Fsp3) is 0. The van der Waals surface area contributed by atoms with E-state index < -0.39 is 0 Å². The van der Waals surface area contributed by atoms with Crippen LogP contribution in [-0.4, -0.2) is 0 Å². The highest BCUT2D eigenvalue weighted by Crippen LogP contribution is 2.49. The molecule has 10 aromatic carbocycles. The van der Waals surface area contributed by atoms with Gasteiger partial charge in [0.1, 0.15) is 22.3 Å². The van der Waals surface area contributed by atoms with Gasteiger partial charge in [-0.1, -0.05) is 146 Å². The highest BCUT2D eigenvalue weighted by Gasteiger charge is 2.22. The van der Waals surface area contributed by atoms with Gasteiger partial charge in [-0.15, -0.1) is 0 Å². The molecule has 12 aromatic rings. The van der Waals surface area contributed by atoms with E-state index in [4.69, 9.17) is 8.83 Å². The summed E-state index contributed by atoms with van der Waals surface area (Å²) in [5.74, 6) is 0. The summed E-state index contributed by atoms with van der Waals surface area (Å²) in [7, 11) is 0. The Morgan fingerprint density at radius 2 is 0.731 bits per heavy atom. The molecule has 0 spiro atoms. The van der Waals surface area contributed by atoms with Crippen molar-refractivity contribution in [3.63, 3.8) is 0 Å². The minimum absolute atomic E-state index is 0.828. The first kappa shape index (κ1) is 27.9. The van der Waals surface area contributed by atoms with Crippen LogP contribution in [0, 0.1) is 0 Å². The van der Waals surface area contributed by atoms with Crippen LogP contribution < -0.4 is 0 Å². The molecular weight excluding hydrogens is 633 g/mol. The molecule has 0 aliphatic heterocycles. The van der Waals surface area contributed by atoms with Crippen LogP contribution in [0.2, 0.25) is 0 Å². The van der Waals surface area contributed by atoms with Gasteiger partial charge in [-0.2, -0.15) is 0 Å². The van der Waals surface area contributed by atoms with Gasteiger partial charge in [0.15, 0.2) is 0 Å². The largest absolute Gasteiger partial charge is 0.456 e. The van der Waals surface area contributed by atoms with E-state index in [9.17, 15) is 0 Å². The van der Waals surface area contributed by atoms with Crippen LogP contribution in [0.3, 0.4) is 0 Å². The van der Waals surface area contributed by atoms with Gasteiger partial charge < -0.3 is 8.83 Å². The van der Waals surface area contributed by atoms with Crippen LogP contribution in [-0.2, 0) is 0 Å². The van der Waals surface area contributed by atoms with Crippen LogP contribution in [0.5, 0.6) is 0 Å². The molecule has 2 nitrogen and oxygen atoms in total. The third-order valence-electron chi connectivity index (χ3n) is 11.2. The second kappa shape index (κ2) is 10.3. The van der Waals surface area contributed by atoms with Crippen molar-refractivity contribution in [1.82, 2.24) is 0 Å². The second-order valence-electron chi connectivity index (χ2n) is 13.9. The third-order valence-corrected chi connectivity index (χ3v) is 11.2. The van der Waals surface area contributed by atoms with Crippen LogP contribution in [0.25, 0.3) is 120 Å². The lowest BCUT2D eigenvalue weighted by Crippen LogP contribution is -1.92. The van der Waals surface area contributed by atoms with Crippen molar-refractivity contribution < 1.29 is 8.83 Å². The number of fused-ring (bicyclic) bond motifs is 13. The summed E-state index contributed by atoms with van der Waals surface area (Å²) in [5, 5.41) is 16.7. The molecule has 240 valence electrons. The molecule has 0 saturated carbocycles. The van der Waals surface area contributed by atoms with Gasteiger partial charge in [-0.25, -0.2) is 0 Å². The molecule has 0 saturated heterocycles. The molecule has 0 amide bonds. The fourth-order valence-electron chi connectivity index (χ4n) is 9.04. The van der Waals surface area contributed by atoms with Gasteiger partial charge in [0, 0.05) is 27.6 Å². The van der Waals surface area contributed by atoms with E-state index in [0.717, 1.165) is 43.9 Å². The average Bonchev–Trinajstić information content (AvgIpc) is 3.76. The highest BCUT2D eigenvalue weighted by atomic mass is 16.3. The summed E-state index contributed by atoms with van der Waals surface area (Å²) in [6.07, 6.45) is 0. The molecule has 0 radical (unpaired) electrons. The molecule has 2 aromatic heterocycles. The maximum Gasteiger partial charge on any atom is 0.139 e. The lowest BCUT2D eigenvalue weighted by atomic mass is 9.83. The number of rotatable bonds is 2. The van der Waals surface area contributed by atoms with Crippen molar-refractivity contribution >= 4 is 97.7 Å².